The average molecular weight is 393 g/mol. The van der Waals surface area contributed by atoms with Crippen molar-refractivity contribution in [3.05, 3.63) is 81.3 Å². The van der Waals surface area contributed by atoms with Crippen molar-refractivity contribution >= 4 is 17.2 Å². The second-order valence-electron chi connectivity index (χ2n) is 6.99. The van der Waals surface area contributed by atoms with Crippen molar-refractivity contribution < 1.29 is 9.53 Å². The van der Waals surface area contributed by atoms with Crippen molar-refractivity contribution in [2.45, 2.75) is 38.7 Å². The second-order valence-corrected chi connectivity index (χ2v) is 8.16. The third-order valence-corrected chi connectivity index (χ3v) is 6.10. The van der Waals surface area contributed by atoms with Crippen LogP contribution in [0.15, 0.2) is 54.6 Å². The molecule has 0 saturated heterocycles. The first-order valence-corrected chi connectivity index (χ1v) is 10.6. The summed E-state index contributed by atoms with van der Waals surface area (Å²) in [6.07, 6.45) is 5.59. The summed E-state index contributed by atoms with van der Waals surface area (Å²) in [5.74, 6) is 0.699. The highest BCUT2D eigenvalue weighted by Gasteiger charge is 2.15. The zero-order chi connectivity index (χ0) is 19.2. The van der Waals surface area contributed by atoms with E-state index in [1.165, 1.54) is 23.4 Å². The van der Waals surface area contributed by atoms with Crippen LogP contribution in [0.1, 0.15) is 44.3 Å². The monoisotopic (exact) mass is 392 g/mol. The number of hydrogen-bond acceptors (Lipinski definition) is 4. The number of benzene rings is 2. The number of nitrogens with one attached hydrogen (secondary N) is 1. The van der Waals surface area contributed by atoms with E-state index in [2.05, 4.69) is 5.32 Å². The van der Waals surface area contributed by atoms with Crippen LogP contribution in [0, 0.1) is 0 Å². The molecular weight excluding hydrogens is 368 g/mol. The smallest absolute Gasteiger partial charge is 0.251 e. The molecule has 5 heteroatoms. The molecule has 3 aromatic rings. The van der Waals surface area contributed by atoms with Crippen LogP contribution >= 0.6 is 11.3 Å². The SMILES string of the molecule is O=C(NCCc1nc2c(s1)CCCC2)c1ccc(OCc2ccccc2)cc1. The standard InChI is InChI=1S/C23H24N2O2S/c26-23(24-15-14-22-25-20-8-4-5-9-21(20)28-22)18-10-12-19(13-11-18)27-16-17-6-2-1-3-7-17/h1-3,6-7,10-13H,4-5,8-9,14-16H2,(H,24,26). The van der Waals surface area contributed by atoms with Gasteiger partial charge in [-0.25, -0.2) is 4.98 Å². The van der Waals surface area contributed by atoms with E-state index in [9.17, 15) is 4.79 Å². The van der Waals surface area contributed by atoms with Crippen LogP contribution in [0.2, 0.25) is 0 Å². The molecule has 0 aliphatic heterocycles. The van der Waals surface area contributed by atoms with Crippen LogP contribution in [0.25, 0.3) is 0 Å². The van der Waals surface area contributed by atoms with Crippen LogP contribution in [0.4, 0.5) is 0 Å². The Morgan fingerprint density at radius 3 is 2.61 bits per heavy atom. The number of fused-ring (bicyclic) bond motifs is 1. The Morgan fingerprint density at radius 2 is 1.82 bits per heavy atom. The van der Waals surface area contributed by atoms with Crippen LogP contribution < -0.4 is 10.1 Å². The highest BCUT2D eigenvalue weighted by molar-refractivity contribution is 7.11. The molecule has 144 valence electrons. The Balaban J connectivity index is 1.24. The summed E-state index contributed by atoms with van der Waals surface area (Å²) in [5, 5.41) is 4.13. The maximum absolute atomic E-state index is 12.4. The summed E-state index contributed by atoms with van der Waals surface area (Å²) in [4.78, 5) is 18.5. The number of rotatable bonds is 7. The Bertz CT molecular complexity index is 896. The van der Waals surface area contributed by atoms with Gasteiger partial charge >= 0.3 is 0 Å². The summed E-state index contributed by atoms with van der Waals surface area (Å²) in [6.45, 7) is 1.13. The number of nitrogens with zero attached hydrogens (tertiary/aromatic N) is 1. The molecule has 0 atom stereocenters. The van der Waals surface area contributed by atoms with Crippen LogP contribution in [-0.2, 0) is 25.9 Å². The molecule has 1 aliphatic rings. The fourth-order valence-corrected chi connectivity index (χ4v) is 4.50. The van der Waals surface area contributed by atoms with Gasteiger partial charge in [0.1, 0.15) is 12.4 Å². The predicted octanol–water partition coefficient (Wildman–Crippen LogP) is 4.57. The van der Waals surface area contributed by atoms with Crippen molar-refractivity contribution in [1.29, 1.82) is 0 Å². The van der Waals surface area contributed by atoms with Gasteiger partial charge in [-0.3, -0.25) is 4.79 Å². The van der Waals surface area contributed by atoms with E-state index in [-0.39, 0.29) is 5.91 Å². The highest BCUT2D eigenvalue weighted by Crippen LogP contribution is 2.26. The molecule has 0 fully saturated rings. The zero-order valence-electron chi connectivity index (χ0n) is 15.8. The van der Waals surface area contributed by atoms with Crippen molar-refractivity contribution in [1.82, 2.24) is 10.3 Å². The van der Waals surface area contributed by atoms with Gasteiger partial charge in [0.25, 0.3) is 5.91 Å². The molecular formula is C23H24N2O2S. The van der Waals surface area contributed by atoms with Crippen LogP contribution in [0.3, 0.4) is 0 Å². The topological polar surface area (TPSA) is 51.2 Å². The molecule has 28 heavy (non-hydrogen) atoms. The average Bonchev–Trinajstić information content (AvgIpc) is 3.16. The third kappa shape index (κ3) is 4.78. The summed E-state index contributed by atoms with van der Waals surface area (Å²) >= 11 is 1.81. The molecule has 1 amide bonds. The molecule has 1 aromatic heterocycles. The van der Waals surface area contributed by atoms with Gasteiger partial charge in [-0.15, -0.1) is 11.3 Å². The van der Waals surface area contributed by atoms with Gasteiger partial charge in [-0.05, 0) is 55.5 Å². The number of amides is 1. The third-order valence-electron chi connectivity index (χ3n) is 4.88. The number of carbonyl (C=O) groups is 1. The maximum atomic E-state index is 12.4. The highest BCUT2D eigenvalue weighted by atomic mass is 32.1. The lowest BCUT2D eigenvalue weighted by molar-refractivity contribution is 0.0954. The zero-order valence-corrected chi connectivity index (χ0v) is 16.6. The number of thiazole rings is 1. The van der Waals surface area contributed by atoms with Crippen molar-refractivity contribution in [3.63, 3.8) is 0 Å². The van der Waals surface area contributed by atoms with E-state index in [0.717, 1.165) is 35.6 Å². The first-order valence-electron chi connectivity index (χ1n) is 9.80. The van der Waals surface area contributed by atoms with E-state index >= 15 is 0 Å². The Hall–Kier alpha value is -2.66. The van der Waals surface area contributed by atoms with Gasteiger partial charge in [0, 0.05) is 23.4 Å². The van der Waals surface area contributed by atoms with E-state index in [0.29, 0.717) is 18.7 Å². The minimum absolute atomic E-state index is 0.0593. The molecule has 0 spiro atoms. The Kier molecular flexibility index (Phi) is 6.02. The minimum atomic E-state index is -0.0593. The predicted molar refractivity (Wildman–Crippen MR) is 112 cm³/mol. The summed E-state index contributed by atoms with van der Waals surface area (Å²) in [5.41, 5.74) is 3.04. The first kappa shape index (κ1) is 18.7. The summed E-state index contributed by atoms with van der Waals surface area (Å²) < 4.78 is 5.77. The van der Waals surface area contributed by atoms with Gasteiger partial charge in [0.05, 0.1) is 10.7 Å². The molecule has 0 saturated carbocycles. The number of aryl methyl sites for hydroxylation is 2. The van der Waals surface area contributed by atoms with Crippen molar-refractivity contribution in [2.24, 2.45) is 0 Å². The van der Waals surface area contributed by atoms with Gasteiger partial charge in [0.15, 0.2) is 0 Å². The number of ether oxygens (including phenoxy) is 1. The van der Waals surface area contributed by atoms with Crippen LogP contribution in [0.5, 0.6) is 5.75 Å². The summed E-state index contributed by atoms with van der Waals surface area (Å²) in [7, 11) is 0. The molecule has 0 bridgehead atoms. The Labute approximate surface area is 169 Å². The number of carbonyl (C=O) groups excluding carboxylic acids is 1. The first-order chi connectivity index (χ1) is 13.8. The molecule has 2 aromatic carbocycles. The fraction of sp³-hybridized carbons (Fsp3) is 0.304. The van der Waals surface area contributed by atoms with E-state index < -0.39 is 0 Å². The molecule has 1 N–H and O–H groups in total. The molecule has 0 unspecified atom stereocenters. The normalized spacial score (nSPS) is 13.0. The van der Waals surface area contributed by atoms with Gasteiger partial charge in [-0.1, -0.05) is 30.3 Å². The van der Waals surface area contributed by atoms with Crippen molar-refractivity contribution in [2.75, 3.05) is 6.54 Å². The van der Waals surface area contributed by atoms with Gasteiger partial charge in [0.2, 0.25) is 0 Å². The van der Waals surface area contributed by atoms with Gasteiger partial charge in [-0.2, -0.15) is 0 Å². The lowest BCUT2D eigenvalue weighted by Gasteiger charge is -2.08. The second kappa shape index (κ2) is 9.02. The molecule has 4 nitrogen and oxygen atoms in total. The molecule has 4 rings (SSSR count). The summed E-state index contributed by atoms with van der Waals surface area (Å²) in [6, 6.07) is 17.3. The molecule has 1 heterocycles. The maximum Gasteiger partial charge on any atom is 0.251 e. The lowest BCUT2D eigenvalue weighted by Crippen LogP contribution is -2.25. The van der Waals surface area contributed by atoms with E-state index in [1.54, 1.807) is 12.1 Å². The van der Waals surface area contributed by atoms with E-state index in [1.807, 2.05) is 53.8 Å². The fourth-order valence-electron chi connectivity index (χ4n) is 3.34. The minimum Gasteiger partial charge on any atom is -0.489 e. The van der Waals surface area contributed by atoms with Gasteiger partial charge < -0.3 is 10.1 Å². The number of aromatic nitrogens is 1. The largest absolute Gasteiger partial charge is 0.489 e. The van der Waals surface area contributed by atoms with Crippen LogP contribution in [-0.4, -0.2) is 17.4 Å². The lowest BCUT2D eigenvalue weighted by atomic mass is 10.0. The quantitative estimate of drug-likeness (QED) is 0.641. The van der Waals surface area contributed by atoms with Crippen molar-refractivity contribution in [3.8, 4) is 5.75 Å². The molecule has 0 radical (unpaired) electrons. The Morgan fingerprint density at radius 1 is 1.04 bits per heavy atom. The van der Waals surface area contributed by atoms with E-state index in [4.69, 9.17) is 9.72 Å². The number of hydrogen-bond donors (Lipinski definition) is 1. The molecule has 1 aliphatic carbocycles.